The maximum atomic E-state index is 11.7. The quantitative estimate of drug-likeness (QED) is 0.441. The number of halogens is 1. The molecule has 5 nitrogen and oxygen atoms in total. The molecule has 0 spiro atoms. The molecule has 0 fully saturated rings. The summed E-state index contributed by atoms with van der Waals surface area (Å²) in [6.45, 7) is 9.80. The van der Waals surface area contributed by atoms with Gasteiger partial charge in [0.1, 0.15) is 6.73 Å². The molecule has 0 aliphatic carbocycles. The van der Waals surface area contributed by atoms with Gasteiger partial charge in [0.05, 0.1) is 6.61 Å². The van der Waals surface area contributed by atoms with Gasteiger partial charge < -0.3 is 9.47 Å². The molecule has 0 saturated heterocycles. The van der Waals surface area contributed by atoms with E-state index in [9.17, 15) is 4.79 Å². The van der Waals surface area contributed by atoms with Crippen LogP contribution in [-0.2, 0) is 16.2 Å². The Balaban J connectivity index is 2.56. The minimum atomic E-state index is -1.11. The van der Waals surface area contributed by atoms with Crippen molar-refractivity contribution in [2.45, 2.75) is 39.3 Å². The average molecular weight is 305 g/mol. The van der Waals surface area contributed by atoms with Gasteiger partial charge in [0.15, 0.2) is 10.8 Å². The van der Waals surface area contributed by atoms with Crippen LogP contribution in [0.15, 0.2) is 6.07 Å². The largest absolute Gasteiger partial charge is 0.461 e. The van der Waals surface area contributed by atoms with E-state index in [-0.39, 0.29) is 11.9 Å². The number of rotatable bonds is 7. The summed E-state index contributed by atoms with van der Waals surface area (Å²) in [4.78, 5) is 11.7. The first kappa shape index (κ1) is 16.2. The van der Waals surface area contributed by atoms with Crippen LogP contribution in [-0.4, -0.2) is 37.0 Å². The number of hydrogen-bond donors (Lipinski definition) is 0. The van der Waals surface area contributed by atoms with Gasteiger partial charge in [-0.15, -0.1) is 0 Å². The maximum Gasteiger partial charge on any atom is 0.356 e. The standard InChI is InChI=1S/C12H21ClN2O3Si/c1-5-18-12(16)10-8-11(13)14-15(10)9-17-6-7-19(2,3)4/h8H,5-7,9H2,1-4H3. The zero-order valence-electron chi connectivity index (χ0n) is 11.9. The molecule has 0 aliphatic rings. The van der Waals surface area contributed by atoms with Gasteiger partial charge in [-0.2, -0.15) is 5.10 Å². The van der Waals surface area contributed by atoms with Crippen LogP contribution < -0.4 is 0 Å². The van der Waals surface area contributed by atoms with Crippen molar-refractivity contribution in [1.29, 1.82) is 0 Å². The van der Waals surface area contributed by atoms with Crippen LogP contribution in [0.5, 0.6) is 0 Å². The summed E-state index contributed by atoms with van der Waals surface area (Å²) in [5, 5.41) is 4.28. The third-order valence-corrected chi connectivity index (χ3v) is 4.33. The van der Waals surface area contributed by atoms with Crippen molar-refractivity contribution in [2.24, 2.45) is 0 Å². The first-order chi connectivity index (χ1) is 8.83. The lowest BCUT2D eigenvalue weighted by Gasteiger charge is -2.15. The van der Waals surface area contributed by atoms with Crippen LogP contribution in [0.4, 0.5) is 0 Å². The molecular formula is C12H21ClN2O3Si. The van der Waals surface area contributed by atoms with E-state index in [0.717, 1.165) is 6.04 Å². The van der Waals surface area contributed by atoms with Crippen molar-refractivity contribution in [2.75, 3.05) is 13.2 Å². The van der Waals surface area contributed by atoms with Crippen molar-refractivity contribution in [3.8, 4) is 0 Å². The predicted molar refractivity (Wildman–Crippen MR) is 77.3 cm³/mol. The molecule has 1 aromatic heterocycles. The van der Waals surface area contributed by atoms with E-state index in [2.05, 4.69) is 24.7 Å². The highest BCUT2D eigenvalue weighted by Crippen LogP contribution is 2.12. The van der Waals surface area contributed by atoms with Crippen LogP contribution in [0.1, 0.15) is 17.4 Å². The highest BCUT2D eigenvalue weighted by Gasteiger charge is 2.16. The van der Waals surface area contributed by atoms with E-state index in [4.69, 9.17) is 21.1 Å². The van der Waals surface area contributed by atoms with E-state index in [1.54, 1.807) is 6.92 Å². The predicted octanol–water partition coefficient (Wildman–Crippen LogP) is 3.03. The first-order valence-corrected chi connectivity index (χ1v) is 10.4. The van der Waals surface area contributed by atoms with Gasteiger partial charge in [-0.05, 0) is 13.0 Å². The molecule has 0 amide bonds. The lowest BCUT2D eigenvalue weighted by molar-refractivity contribution is 0.0455. The van der Waals surface area contributed by atoms with Gasteiger partial charge in [-0.3, -0.25) is 0 Å². The van der Waals surface area contributed by atoms with Crippen molar-refractivity contribution in [3.63, 3.8) is 0 Å². The molecule has 0 saturated carbocycles. The van der Waals surface area contributed by atoms with Crippen LogP contribution in [0, 0.1) is 0 Å². The fourth-order valence-corrected chi connectivity index (χ4v) is 2.33. The summed E-state index contributed by atoms with van der Waals surface area (Å²) in [6.07, 6.45) is 0. The number of carbonyl (C=O) groups excluding carboxylic acids is 1. The Labute approximate surface area is 119 Å². The molecule has 0 aliphatic heterocycles. The zero-order valence-corrected chi connectivity index (χ0v) is 13.7. The molecule has 0 atom stereocenters. The first-order valence-electron chi connectivity index (χ1n) is 6.31. The van der Waals surface area contributed by atoms with Crippen LogP contribution in [0.2, 0.25) is 30.8 Å². The normalized spacial score (nSPS) is 11.6. The Kier molecular flexibility index (Phi) is 6.03. The average Bonchev–Trinajstić information content (AvgIpc) is 2.65. The zero-order chi connectivity index (χ0) is 14.5. The van der Waals surface area contributed by atoms with Gasteiger partial charge in [0.25, 0.3) is 0 Å². The van der Waals surface area contributed by atoms with E-state index in [1.807, 2.05) is 0 Å². The molecule has 0 bridgehead atoms. The Bertz CT molecular complexity index is 429. The lowest BCUT2D eigenvalue weighted by Crippen LogP contribution is -2.22. The second-order valence-electron chi connectivity index (χ2n) is 5.42. The maximum absolute atomic E-state index is 11.7. The monoisotopic (exact) mass is 304 g/mol. The smallest absolute Gasteiger partial charge is 0.356 e. The molecular weight excluding hydrogens is 284 g/mol. The molecule has 0 N–H and O–H groups in total. The third-order valence-electron chi connectivity index (χ3n) is 2.44. The molecule has 19 heavy (non-hydrogen) atoms. The number of carbonyl (C=O) groups is 1. The van der Waals surface area contributed by atoms with E-state index >= 15 is 0 Å². The Hall–Kier alpha value is -0.853. The third kappa shape index (κ3) is 5.75. The Morgan fingerprint density at radius 1 is 1.47 bits per heavy atom. The lowest BCUT2D eigenvalue weighted by atomic mass is 10.4. The van der Waals surface area contributed by atoms with Crippen LogP contribution in [0.25, 0.3) is 0 Å². The van der Waals surface area contributed by atoms with E-state index in [1.165, 1.54) is 10.7 Å². The van der Waals surface area contributed by atoms with E-state index in [0.29, 0.717) is 18.9 Å². The summed E-state index contributed by atoms with van der Waals surface area (Å²) in [6, 6.07) is 2.55. The van der Waals surface area contributed by atoms with Gasteiger partial charge in [-0.25, -0.2) is 9.48 Å². The molecule has 7 heteroatoms. The number of hydrogen-bond acceptors (Lipinski definition) is 4. The van der Waals surface area contributed by atoms with Gasteiger partial charge in [0.2, 0.25) is 0 Å². The van der Waals surface area contributed by atoms with Crippen LogP contribution in [0.3, 0.4) is 0 Å². The molecule has 1 rings (SSSR count). The second-order valence-corrected chi connectivity index (χ2v) is 11.4. The topological polar surface area (TPSA) is 53.3 Å². The highest BCUT2D eigenvalue weighted by molar-refractivity contribution is 6.76. The molecule has 1 heterocycles. The minimum Gasteiger partial charge on any atom is -0.461 e. The van der Waals surface area contributed by atoms with E-state index < -0.39 is 14.0 Å². The number of esters is 1. The summed E-state index contributed by atoms with van der Waals surface area (Å²) in [5.74, 6) is -0.435. The SMILES string of the molecule is CCOC(=O)c1cc(Cl)nn1COCC[Si](C)(C)C. The van der Waals surface area contributed by atoms with Gasteiger partial charge in [-0.1, -0.05) is 31.2 Å². The van der Waals surface area contributed by atoms with Crippen molar-refractivity contribution >= 4 is 25.6 Å². The fourth-order valence-electron chi connectivity index (χ4n) is 1.38. The molecule has 0 aromatic carbocycles. The number of ether oxygens (including phenoxy) is 2. The van der Waals surface area contributed by atoms with Crippen molar-refractivity contribution in [1.82, 2.24) is 9.78 Å². The molecule has 0 unspecified atom stereocenters. The molecule has 108 valence electrons. The second kappa shape index (κ2) is 7.07. The van der Waals surface area contributed by atoms with Crippen molar-refractivity contribution in [3.05, 3.63) is 16.9 Å². The highest BCUT2D eigenvalue weighted by atomic mass is 35.5. The number of aromatic nitrogens is 2. The van der Waals surface area contributed by atoms with Crippen LogP contribution >= 0.6 is 11.6 Å². The fraction of sp³-hybridized carbons (Fsp3) is 0.667. The van der Waals surface area contributed by atoms with Gasteiger partial charge >= 0.3 is 5.97 Å². The summed E-state index contributed by atoms with van der Waals surface area (Å²) < 4.78 is 11.9. The Morgan fingerprint density at radius 2 is 2.16 bits per heavy atom. The summed E-state index contributed by atoms with van der Waals surface area (Å²) in [5.41, 5.74) is 0.319. The summed E-state index contributed by atoms with van der Waals surface area (Å²) >= 11 is 5.81. The van der Waals surface area contributed by atoms with Crippen molar-refractivity contribution < 1.29 is 14.3 Å². The van der Waals surface area contributed by atoms with Gasteiger partial charge in [0, 0.05) is 20.7 Å². The summed E-state index contributed by atoms with van der Waals surface area (Å²) in [7, 11) is -1.11. The molecule has 1 aromatic rings. The number of nitrogens with zero attached hydrogens (tertiary/aromatic N) is 2. The molecule has 0 radical (unpaired) electrons. The Morgan fingerprint density at radius 3 is 2.74 bits per heavy atom. The minimum absolute atomic E-state index is 0.214.